The number of ether oxygens (including phenoxy) is 2. The Hall–Kier alpha value is -3.76. The van der Waals surface area contributed by atoms with E-state index in [0.29, 0.717) is 31.4 Å². The maximum Gasteiger partial charge on any atom is 0.410 e. The minimum Gasteiger partial charge on any atom is -0.496 e. The first kappa shape index (κ1) is 32.6. The molecule has 1 aliphatic carbocycles. The van der Waals surface area contributed by atoms with Crippen LogP contribution in [0.25, 0.3) is 21.2 Å². The summed E-state index contributed by atoms with van der Waals surface area (Å²) in [6.07, 6.45) is 5.54. The molecule has 1 fully saturated rings. The molecule has 0 unspecified atom stereocenters. The van der Waals surface area contributed by atoms with Gasteiger partial charge in [-0.3, -0.25) is 9.78 Å². The summed E-state index contributed by atoms with van der Waals surface area (Å²) >= 11 is 7.45. The zero-order chi connectivity index (χ0) is 32.5. The number of fused-ring (bicyclic) bond motifs is 1. The van der Waals surface area contributed by atoms with E-state index in [2.05, 4.69) is 4.98 Å². The summed E-state index contributed by atoms with van der Waals surface area (Å²) in [6, 6.07) is 11.3. The number of hydrogen-bond donors (Lipinski definition) is 0. The Morgan fingerprint density at radius 3 is 2.33 bits per heavy atom. The number of carbonyl (C=O) groups excluding carboxylic acids is 2. The molecule has 5 rings (SSSR count). The molecule has 11 heteroatoms. The molecule has 4 aromatic rings. The lowest BCUT2D eigenvalue weighted by molar-refractivity contribution is 0.0144. The van der Waals surface area contributed by atoms with E-state index < -0.39 is 29.2 Å². The maximum atomic E-state index is 14.8. The van der Waals surface area contributed by atoms with Gasteiger partial charge in [-0.05, 0) is 82.3 Å². The first-order valence-corrected chi connectivity index (χ1v) is 16.0. The minimum atomic E-state index is -0.685. The molecule has 2 heterocycles. The van der Waals surface area contributed by atoms with Crippen LogP contribution in [0.5, 0.6) is 5.75 Å². The van der Waals surface area contributed by atoms with Crippen molar-refractivity contribution in [3.8, 4) is 16.9 Å². The van der Waals surface area contributed by atoms with Crippen molar-refractivity contribution >= 4 is 45.0 Å². The van der Waals surface area contributed by atoms with Crippen molar-refractivity contribution in [3.63, 3.8) is 0 Å². The minimum absolute atomic E-state index is 0.00199. The van der Waals surface area contributed by atoms with Crippen molar-refractivity contribution in [2.24, 2.45) is 0 Å². The fourth-order valence-corrected chi connectivity index (χ4v) is 7.28. The SMILES string of the molecule is COc1ccc(-c2cccnc2)cc1CN(C(=O)c1sc2c(F)ccc(F)c2c1Cl)C1CCC(N(C)C(=O)OC(C)(C)C)CC1. The third-order valence-electron chi connectivity index (χ3n) is 8.09. The van der Waals surface area contributed by atoms with Crippen LogP contribution in [0.15, 0.2) is 54.9 Å². The highest BCUT2D eigenvalue weighted by Gasteiger charge is 2.35. The van der Waals surface area contributed by atoms with E-state index in [9.17, 15) is 18.4 Å². The lowest BCUT2D eigenvalue weighted by atomic mass is 9.89. The van der Waals surface area contributed by atoms with Crippen LogP contribution in [-0.4, -0.2) is 58.6 Å². The van der Waals surface area contributed by atoms with Gasteiger partial charge in [0.25, 0.3) is 5.91 Å². The van der Waals surface area contributed by atoms with Crippen LogP contribution >= 0.6 is 22.9 Å². The van der Waals surface area contributed by atoms with Gasteiger partial charge in [0.05, 0.1) is 22.2 Å². The summed E-state index contributed by atoms with van der Waals surface area (Å²) in [5.41, 5.74) is 1.95. The first-order chi connectivity index (χ1) is 21.4. The maximum absolute atomic E-state index is 14.8. The summed E-state index contributed by atoms with van der Waals surface area (Å²) in [5, 5.41) is -0.194. The smallest absolute Gasteiger partial charge is 0.410 e. The summed E-state index contributed by atoms with van der Waals surface area (Å²) in [4.78, 5) is 34.8. The van der Waals surface area contributed by atoms with Crippen LogP contribution in [-0.2, 0) is 11.3 Å². The van der Waals surface area contributed by atoms with Crippen LogP contribution in [0.2, 0.25) is 5.02 Å². The number of thiophene rings is 1. The monoisotopic (exact) mass is 655 g/mol. The highest BCUT2D eigenvalue weighted by molar-refractivity contribution is 7.21. The molecule has 2 aromatic heterocycles. The number of aromatic nitrogens is 1. The molecule has 2 amide bonds. The van der Waals surface area contributed by atoms with E-state index in [1.165, 1.54) is 0 Å². The Balaban J connectivity index is 1.49. The number of nitrogens with zero attached hydrogens (tertiary/aromatic N) is 3. The van der Waals surface area contributed by atoms with Crippen molar-refractivity contribution in [2.45, 2.75) is 70.7 Å². The van der Waals surface area contributed by atoms with Gasteiger partial charge in [0.1, 0.15) is 27.9 Å². The van der Waals surface area contributed by atoms with Crippen molar-refractivity contribution in [3.05, 3.63) is 82.0 Å². The molecule has 0 bridgehead atoms. The largest absolute Gasteiger partial charge is 0.496 e. The van der Waals surface area contributed by atoms with E-state index >= 15 is 0 Å². The van der Waals surface area contributed by atoms with Gasteiger partial charge in [-0.1, -0.05) is 23.7 Å². The quantitative estimate of drug-likeness (QED) is 0.199. The second-order valence-corrected chi connectivity index (χ2v) is 13.6. The number of carbonyl (C=O) groups is 2. The van der Waals surface area contributed by atoms with Gasteiger partial charge < -0.3 is 19.3 Å². The Labute approximate surface area is 270 Å². The number of pyridine rings is 1. The molecule has 0 N–H and O–H groups in total. The van der Waals surface area contributed by atoms with Crippen LogP contribution < -0.4 is 4.74 Å². The van der Waals surface area contributed by atoms with E-state index in [0.717, 1.165) is 40.2 Å². The fraction of sp³-hybridized carbons (Fsp3) is 0.382. The lowest BCUT2D eigenvalue weighted by Crippen LogP contribution is -2.47. The molecule has 1 saturated carbocycles. The van der Waals surface area contributed by atoms with Crippen LogP contribution in [0.3, 0.4) is 0 Å². The third kappa shape index (κ3) is 7.07. The first-order valence-electron chi connectivity index (χ1n) is 14.8. The van der Waals surface area contributed by atoms with Gasteiger partial charge in [-0.2, -0.15) is 0 Å². The van der Waals surface area contributed by atoms with Crippen molar-refractivity contribution in [1.82, 2.24) is 14.8 Å². The molecule has 1 aliphatic rings. The zero-order valence-corrected chi connectivity index (χ0v) is 27.5. The standard InChI is InChI=1S/C34H36ClF2N3O4S/c1-34(2,3)44-33(42)39(4)23-9-11-24(12-10-23)40(32(41)31-29(35)28-25(36)13-14-26(37)30(28)45-31)19-22-17-20(8-15-27(22)43-5)21-7-6-16-38-18-21/h6-8,13-18,23-24H,9-12,19H2,1-5H3. The Kier molecular flexibility index (Phi) is 9.65. The van der Waals surface area contributed by atoms with E-state index in [-0.39, 0.29) is 38.6 Å². The lowest BCUT2D eigenvalue weighted by Gasteiger charge is -2.40. The van der Waals surface area contributed by atoms with Crippen molar-refractivity contribution in [2.75, 3.05) is 14.2 Å². The summed E-state index contributed by atoms with van der Waals surface area (Å²) in [6.45, 7) is 5.65. The van der Waals surface area contributed by atoms with Gasteiger partial charge in [-0.25, -0.2) is 13.6 Å². The van der Waals surface area contributed by atoms with Crippen molar-refractivity contribution < 1.29 is 27.8 Å². The van der Waals surface area contributed by atoms with E-state index in [1.807, 2.05) is 51.1 Å². The summed E-state index contributed by atoms with van der Waals surface area (Å²) in [5.74, 6) is -1.15. The average Bonchev–Trinajstić information content (AvgIpc) is 3.38. The molecule has 0 aliphatic heterocycles. The fourth-order valence-electron chi connectivity index (χ4n) is 5.77. The predicted octanol–water partition coefficient (Wildman–Crippen LogP) is 8.72. The zero-order valence-electron chi connectivity index (χ0n) is 25.9. The number of halogens is 3. The molecule has 0 saturated heterocycles. The molecule has 7 nitrogen and oxygen atoms in total. The molecule has 2 aromatic carbocycles. The Bertz CT molecular complexity index is 1700. The number of benzene rings is 2. The van der Waals surface area contributed by atoms with Gasteiger partial charge in [0, 0.05) is 49.2 Å². The topological polar surface area (TPSA) is 72.0 Å². The number of amides is 2. The van der Waals surface area contributed by atoms with Crippen LogP contribution in [0.4, 0.5) is 13.6 Å². The Morgan fingerprint density at radius 2 is 1.71 bits per heavy atom. The summed E-state index contributed by atoms with van der Waals surface area (Å²) < 4.78 is 40.7. The average molecular weight is 656 g/mol. The van der Waals surface area contributed by atoms with Gasteiger partial charge in [0.15, 0.2) is 0 Å². The molecule has 238 valence electrons. The highest BCUT2D eigenvalue weighted by atomic mass is 35.5. The number of methoxy groups -OCH3 is 1. The van der Waals surface area contributed by atoms with Crippen molar-refractivity contribution in [1.29, 1.82) is 0 Å². The summed E-state index contributed by atoms with van der Waals surface area (Å²) in [7, 11) is 3.30. The highest BCUT2D eigenvalue weighted by Crippen LogP contribution is 2.41. The van der Waals surface area contributed by atoms with E-state index in [1.54, 1.807) is 36.4 Å². The van der Waals surface area contributed by atoms with Gasteiger partial charge in [0.2, 0.25) is 0 Å². The van der Waals surface area contributed by atoms with Crippen LogP contribution in [0.1, 0.15) is 61.7 Å². The molecular formula is C34H36ClF2N3O4S. The molecule has 0 spiro atoms. The molecule has 0 radical (unpaired) electrons. The molecule has 0 atom stereocenters. The number of hydrogen-bond acceptors (Lipinski definition) is 6. The molecular weight excluding hydrogens is 620 g/mol. The normalized spacial score (nSPS) is 16.8. The third-order valence-corrected chi connectivity index (χ3v) is 9.77. The van der Waals surface area contributed by atoms with E-state index in [4.69, 9.17) is 21.1 Å². The Morgan fingerprint density at radius 1 is 1.02 bits per heavy atom. The second-order valence-electron chi connectivity index (χ2n) is 12.2. The van der Waals surface area contributed by atoms with Crippen LogP contribution in [0, 0.1) is 11.6 Å². The molecule has 45 heavy (non-hydrogen) atoms. The van der Waals surface area contributed by atoms with Gasteiger partial charge in [-0.15, -0.1) is 11.3 Å². The number of rotatable bonds is 7. The predicted molar refractivity (Wildman–Crippen MR) is 173 cm³/mol. The second kappa shape index (κ2) is 13.3. The van der Waals surface area contributed by atoms with Gasteiger partial charge >= 0.3 is 6.09 Å².